The minimum absolute atomic E-state index is 0.288. The van der Waals surface area contributed by atoms with Crippen LogP contribution in [0, 0.1) is 5.41 Å². The molecule has 4 nitrogen and oxygen atoms in total. The van der Waals surface area contributed by atoms with Gasteiger partial charge in [-0.1, -0.05) is 0 Å². The Bertz CT molecular complexity index is 191. The highest BCUT2D eigenvalue weighted by Crippen LogP contribution is 2.36. The second-order valence-corrected chi connectivity index (χ2v) is 3.92. The van der Waals surface area contributed by atoms with Crippen LogP contribution >= 0.6 is 0 Å². The summed E-state index contributed by atoms with van der Waals surface area (Å²) < 4.78 is 0. The maximum absolute atomic E-state index is 10.5. The number of amides is 1. The molecule has 0 radical (unpaired) electrons. The van der Waals surface area contributed by atoms with E-state index in [0.29, 0.717) is 0 Å². The van der Waals surface area contributed by atoms with E-state index in [1.807, 2.05) is 0 Å². The van der Waals surface area contributed by atoms with Crippen molar-refractivity contribution >= 4 is 6.09 Å². The third-order valence-corrected chi connectivity index (χ3v) is 2.88. The van der Waals surface area contributed by atoms with Gasteiger partial charge in [-0.3, -0.25) is 0 Å². The van der Waals surface area contributed by atoms with E-state index in [1.54, 1.807) is 0 Å². The summed E-state index contributed by atoms with van der Waals surface area (Å²) in [5, 5.41) is 12.0. The molecule has 0 aromatic heterocycles. The second kappa shape index (κ2) is 2.62. The molecule has 2 fully saturated rings. The molecule has 1 amide bonds. The van der Waals surface area contributed by atoms with E-state index in [1.165, 1.54) is 17.7 Å². The second-order valence-electron chi connectivity index (χ2n) is 3.92. The quantitative estimate of drug-likeness (QED) is 0.551. The predicted octanol–water partition coefficient (Wildman–Crippen LogP) is 0.350. The fraction of sp³-hybridized carbons (Fsp3) is 0.875. The van der Waals surface area contributed by atoms with Crippen LogP contribution in [0.4, 0.5) is 4.79 Å². The number of carbonyl (C=O) groups is 1. The average Bonchev–Trinajstić information content (AvgIpc) is 2.01. The SMILES string of the molecule is O=C(O)N1CC2(CCCNC2)C1. The number of hydrogen-bond donors (Lipinski definition) is 2. The van der Waals surface area contributed by atoms with Gasteiger partial charge in [-0.05, 0) is 19.4 Å². The molecule has 2 heterocycles. The molecule has 4 heteroatoms. The molecule has 2 rings (SSSR count). The predicted molar refractivity (Wildman–Crippen MR) is 44.1 cm³/mol. The molecule has 0 aromatic carbocycles. The molecule has 12 heavy (non-hydrogen) atoms. The highest BCUT2D eigenvalue weighted by atomic mass is 16.4. The van der Waals surface area contributed by atoms with Gasteiger partial charge in [0.05, 0.1) is 0 Å². The molecule has 2 saturated heterocycles. The van der Waals surface area contributed by atoms with Gasteiger partial charge >= 0.3 is 6.09 Å². The van der Waals surface area contributed by atoms with Gasteiger partial charge < -0.3 is 15.3 Å². The van der Waals surface area contributed by atoms with Crippen molar-refractivity contribution in [3.8, 4) is 0 Å². The van der Waals surface area contributed by atoms with Crippen molar-refractivity contribution in [3.63, 3.8) is 0 Å². The monoisotopic (exact) mass is 170 g/mol. The molecule has 1 spiro atoms. The lowest BCUT2D eigenvalue weighted by molar-refractivity contribution is -0.00564. The first kappa shape index (κ1) is 7.86. The van der Waals surface area contributed by atoms with E-state index < -0.39 is 6.09 Å². The Kier molecular flexibility index (Phi) is 1.72. The Balaban J connectivity index is 1.88. The van der Waals surface area contributed by atoms with Crippen LogP contribution in [-0.2, 0) is 0 Å². The molecule has 0 aromatic rings. The zero-order chi connectivity index (χ0) is 8.60. The van der Waals surface area contributed by atoms with Crippen molar-refractivity contribution in [3.05, 3.63) is 0 Å². The zero-order valence-electron chi connectivity index (χ0n) is 7.05. The lowest BCUT2D eigenvalue weighted by Gasteiger charge is -2.51. The number of carboxylic acid groups (broad SMARTS) is 1. The Hall–Kier alpha value is -0.770. The van der Waals surface area contributed by atoms with E-state index in [9.17, 15) is 4.79 Å². The van der Waals surface area contributed by atoms with E-state index in [2.05, 4.69) is 5.32 Å². The lowest BCUT2D eigenvalue weighted by Crippen LogP contribution is -2.63. The Labute approximate surface area is 71.5 Å². The number of nitrogens with one attached hydrogen (secondary N) is 1. The highest BCUT2D eigenvalue weighted by molar-refractivity contribution is 5.66. The fourth-order valence-corrected chi connectivity index (χ4v) is 2.20. The Morgan fingerprint density at radius 1 is 1.50 bits per heavy atom. The lowest BCUT2D eigenvalue weighted by atomic mass is 9.74. The molecular weight excluding hydrogens is 156 g/mol. The van der Waals surface area contributed by atoms with Gasteiger partial charge in [0.1, 0.15) is 0 Å². The van der Waals surface area contributed by atoms with Crippen molar-refractivity contribution in [1.82, 2.24) is 10.2 Å². The summed E-state index contributed by atoms with van der Waals surface area (Å²) in [4.78, 5) is 12.0. The van der Waals surface area contributed by atoms with Crippen molar-refractivity contribution < 1.29 is 9.90 Å². The smallest absolute Gasteiger partial charge is 0.407 e. The van der Waals surface area contributed by atoms with Crippen LogP contribution in [-0.4, -0.2) is 42.3 Å². The van der Waals surface area contributed by atoms with Gasteiger partial charge in [0, 0.05) is 25.0 Å². The summed E-state index contributed by atoms with van der Waals surface area (Å²) in [7, 11) is 0. The van der Waals surface area contributed by atoms with E-state index >= 15 is 0 Å². The summed E-state index contributed by atoms with van der Waals surface area (Å²) in [6.07, 6.45) is 1.60. The molecule has 2 aliphatic heterocycles. The van der Waals surface area contributed by atoms with Crippen LogP contribution in [0.2, 0.25) is 0 Å². The first-order valence-electron chi connectivity index (χ1n) is 4.41. The summed E-state index contributed by atoms with van der Waals surface area (Å²) in [6, 6.07) is 0. The topological polar surface area (TPSA) is 52.6 Å². The molecule has 0 aliphatic carbocycles. The van der Waals surface area contributed by atoms with Gasteiger partial charge in [0.15, 0.2) is 0 Å². The first-order chi connectivity index (χ1) is 5.72. The van der Waals surface area contributed by atoms with Crippen molar-refractivity contribution in [2.24, 2.45) is 5.41 Å². The number of rotatable bonds is 0. The number of piperidine rings is 1. The third-order valence-electron chi connectivity index (χ3n) is 2.88. The fourth-order valence-electron chi connectivity index (χ4n) is 2.20. The molecular formula is C8H14N2O2. The molecule has 0 unspecified atom stereocenters. The normalized spacial score (nSPS) is 26.8. The van der Waals surface area contributed by atoms with Crippen LogP contribution in [0.25, 0.3) is 0 Å². The van der Waals surface area contributed by atoms with E-state index in [-0.39, 0.29) is 5.41 Å². The number of hydrogen-bond acceptors (Lipinski definition) is 2. The first-order valence-corrected chi connectivity index (χ1v) is 4.41. The molecule has 2 N–H and O–H groups in total. The summed E-state index contributed by atoms with van der Waals surface area (Å²) in [6.45, 7) is 3.55. The largest absolute Gasteiger partial charge is 0.465 e. The van der Waals surface area contributed by atoms with Crippen LogP contribution in [0.3, 0.4) is 0 Å². The Morgan fingerprint density at radius 2 is 2.25 bits per heavy atom. The molecule has 0 bridgehead atoms. The highest BCUT2D eigenvalue weighted by Gasteiger charge is 2.45. The van der Waals surface area contributed by atoms with E-state index in [0.717, 1.165) is 26.2 Å². The number of likely N-dealkylation sites (tertiary alicyclic amines) is 1. The van der Waals surface area contributed by atoms with Gasteiger partial charge in [0.2, 0.25) is 0 Å². The standard InChI is InChI=1S/C8H14N2O2/c11-7(12)10-5-8(6-10)2-1-3-9-4-8/h9H,1-6H2,(H,11,12). The van der Waals surface area contributed by atoms with Crippen molar-refractivity contribution in [1.29, 1.82) is 0 Å². The minimum atomic E-state index is -0.772. The third kappa shape index (κ3) is 1.16. The molecule has 68 valence electrons. The van der Waals surface area contributed by atoms with Gasteiger partial charge in [-0.2, -0.15) is 0 Å². The van der Waals surface area contributed by atoms with Crippen LogP contribution in [0.15, 0.2) is 0 Å². The molecule has 0 atom stereocenters. The maximum atomic E-state index is 10.5. The Morgan fingerprint density at radius 3 is 2.75 bits per heavy atom. The molecule has 0 saturated carbocycles. The maximum Gasteiger partial charge on any atom is 0.407 e. The van der Waals surface area contributed by atoms with Gasteiger partial charge in [-0.15, -0.1) is 0 Å². The summed E-state index contributed by atoms with van der Waals surface area (Å²) in [5.74, 6) is 0. The number of nitrogens with zero attached hydrogens (tertiary/aromatic N) is 1. The molecule has 2 aliphatic rings. The van der Waals surface area contributed by atoms with Gasteiger partial charge in [0.25, 0.3) is 0 Å². The summed E-state index contributed by atoms with van der Waals surface area (Å²) in [5.41, 5.74) is 0.288. The summed E-state index contributed by atoms with van der Waals surface area (Å²) >= 11 is 0. The van der Waals surface area contributed by atoms with Crippen molar-refractivity contribution in [2.45, 2.75) is 12.8 Å². The van der Waals surface area contributed by atoms with Crippen LogP contribution in [0.5, 0.6) is 0 Å². The van der Waals surface area contributed by atoms with Crippen molar-refractivity contribution in [2.75, 3.05) is 26.2 Å². The average molecular weight is 170 g/mol. The van der Waals surface area contributed by atoms with E-state index in [4.69, 9.17) is 5.11 Å². The van der Waals surface area contributed by atoms with Gasteiger partial charge in [-0.25, -0.2) is 4.79 Å². The van der Waals surface area contributed by atoms with Crippen LogP contribution < -0.4 is 5.32 Å². The van der Waals surface area contributed by atoms with Crippen LogP contribution in [0.1, 0.15) is 12.8 Å². The minimum Gasteiger partial charge on any atom is -0.465 e. The zero-order valence-corrected chi connectivity index (χ0v) is 7.05.